The summed E-state index contributed by atoms with van der Waals surface area (Å²) in [6.07, 6.45) is 0.945. The number of Topliss-reactive ketones (excluding diaryl/α,β-unsaturated/α-hetero) is 1. The Morgan fingerprint density at radius 1 is 1.21 bits per heavy atom. The second kappa shape index (κ2) is 8.32. The first-order valence-corrected chi connectivity index (χ1v) is 5.43. The molecule has 1 aromatic carbocycles. The third-order valence-electron chi connectivity index (χ3n) is 2.07. The van der Waals surface area contributed by atoms with Gasteiger partial charge in [0, 0.05) is 17.9 Å². The van der Waals surface area contributed by atoms with Crippen molar-refractivity contribution in [1.29, 1.82) is 0 Å². The third-order valence-corrected chi connectivity index (χ3v) is 2.36. The Bertz CT molecular complexity index is 479. The van der Waals surface area contributed by atoms with Gasteiger partial charge in [0.2, 0.25) is 0 Å². The van der Waals surface area contributed by atoms with Gasteiger partial charge in [0.15, 0.2) is 0 Å². The minimum absolute atomic E-state index is 0. The number of halogens is 1. The van der Waals surface area contributed by atoms with Gasteiger partial charge < -0.3 is 24.4 Å². The largest absolute Gasteiger partial charge is 1.00 e. The van der Waals surface area contributed by atoms with E-state index in [9.17, 15) is 9.59 Å². The Morgan fingerprint density at radius 3 is 2.26 bits per heavy atom. The Kier molecular flexibility index (Phi) is 7.94. The van der Waals surface area contributed by atoms with Gasteiger partial charge in [0.05, 0.1) is 30.8 Å². The van der Waals surface area contributed by atoms with E-state index < -0.39 is 5.91 Å². The van der Waals surface area contributed by atoms with Crippen LogP contribution in [-0.2, 0) is 9.59 Å². The topological polar surface area (TPSA) is 64.6 Å². The molecule has 7 heteroatoms. The van der Waals surface area contributed by atoms with E-state index in [0.717, 1.165) is 6.42 Å². The van der Waals surface area contributed by atoms with Gasteiger partial charge in [-0.1, -0.05) is 11.6 Å². The van der Waals surface area contributed by atoms with Crippen molar-refractivity contribution in [2.24, 2.45) is 0 Å². The van der Waals surface area contributed by atoms with Gasteiger partial charge in [0.25, 0.3) is 0 Å². The van der Waals surface area contributed by atoms with Crippen LogP contribution >= 0.6 is 11.6 Å². The summed E-state index contributed by atoms with van der Waals surface area (Å²) in [5, 5.41) is 2.88. The van der Waals surface area contributed by atoms with Crippen molar-refractivity contribution in [3.8, 4) is 11.5 Å². The van der Waals surface area contributed by atoms with Crippen LogP contribution in [0.4, 0.5) is 5.69 Å². The van der Waals surface area contributed by atoms with Crippen LogP contribution in [0.15, 0.2) is 12.1 Å². The van der Waals surface area contributed by atoms with Crippen LogP contribution in [0.1, 0.15) is 6.92 Å². The number of hydrogen-bond donors (Lipinski definition) is 1. The molecular weight excluding hydrogens is 281 g/mol. The SMILES string of the molecule is COc1cc(NC(=O)[CH-]C(C)=O)c(OC)cc1Cl.[Na+]. The molecule has 1 aromatic rings. The number of hydrogen-bond acceptors (Lipinski definition) is 4. The number of amides is 1. The van der Waals surface area contributed by atoms with Crippen molar-refractivity contribution < 1.29 is 48.6 Å². The van der Waals surface area contributed by atoms with Gasteiger partial charge in [-0.05, 0) is 6.92 Å². The molecule has 0 saturated heterocycles. The zero-order valence-corrected chi connectivity index (χ0v) is 14.0. The van der Waals surface area contributed by atoms with Gasteiger partial charge in [0.1, 0.15) is 11.5 Å². The predicted molar refractivity (Wildman–Crippen MR) is 68.2 cm³/mol. The molecule has 5 nitrogen and oxygen atoms in total. The molecule has 0 aliphatic rings. The van der Waals surface area contributed by atoms with Crippen molar-refractivity contribution in [1.82, 2.24) is 0 Å². The molecule has 19 heavy (non-hydrogen) atoms. The van der Waals surface area contributed by atoms with Gasteiger partial charge in [-0.3, -0.25) is 0 Å². The molecule has 0 spiro atoms. The third kappa shape index (κ3) is 5.32. The number of rotatable bonds is 5. The summed E-state index contributed by atoms with van der Waals surface area (Å²) in [5.41, 5.74) is 0.376. The van der Waals surface area contributed by atoms with Crippen LogP contribution in [0.3, 0.4) is 0 Å². The molecule has 0 bridgehead atoms. The number of ether oxygens (including phenoxy) is 2. The van der Waals surface area contributed by atoms with Crippen LogP contribution in [0.5, 0.6) is 11.5 Å². The van der Waals surface area contributed by atoms with E-state index in [1.54, 1.807) is 0 Å². The van der Waals surface area contributed by atoms with Gasteiger partial charge in [-0.2, -0.15) is 0 Å². The van der Waals surface area contributed by atoms with Crippen LogP contribution < -0.4 is 44.3 Å². The second-order valence-corrected chi connectivity index (χ2v) is 3.84. The maximum atomic E-state index is 11.5. The fourth-order valence-corrected chi connectivity index (χ4v) is 1.54. The van der Waals surface area contributed by atoms with Gasteiger partial charge >= 0.3 is 29.6 Å². The van der Waals surface area contributed by atoms with Crippen molar-refractivity contribution in [3.05, 3.63) is 23.6 Å². The van der Waals surface area contributed by atoms with Crippen molar-refractivity contribution in [2.75, 3.05) is 19.5 Å². The molecule has 0 radical (unpaired) electrons. The number of carbonyl (C=O) groups is 2. The van der Waals surface area contributed by atoms with E-state index in [-0.39, 0.29) is 35.3 Å². The first-order chi connectivity index (χ1) is 8.47. The average Bonchev–Trinajstić information content (AvgIpc) is 2.29. The van der Waals surface area contributed by atoms with Crippen LogP contribution in [-0.4, -0.2) is 25.9 Å². The maximum Gasteiger partial charge on any atom is 1.00 e. The Balaban J connectivity index is 0.00000324. The zero-order valence-electron chi connectivity index (χ0n) is 11.2. The van der Waals surface area contributed by atoms with Crippen molar-refractivity contribution in [3.63, 3.8) is 0 Å². The first kappa shape index (κ1) is 18.1. The van der Waals surface area contributed by atoms with E-state index >= 15 is 0 Å². The minimum atomic E-state index is -0.537. The van der Waals surface area contributed by atoms with E-state index in [1.165, 1.54) is 33.3 Å². The summed E-state index contributed by atoms with van der Waals surface area (Å²) in [5.74, 6) is -0.0979. The van der Waals surface area contributed by atoms with E-state index in [1.807, 2.05) is 0 Å². The molecule has 0 atom stereocenters. The fourth-order valence-electron chi connectivity index (χ4n) is 1.31. The van der Waals surface area contributed by atoms with Crippen LogP contribution in [0.2, 0.25) is 5.02 Å². The standard InChI is InChI=1S/C12H13ClNO4.Na/c1-7(15)4-12(16)14-9-6-10(17-2)8(13)5-11(9)18-3;/h4-6H,1-3H3,(H,14,16);/q-1;+1. The Morgan fingerprint density at radius 2 is 1.79 bits per heavy atom. The normalized spacial score (nSPS) is 9.05. The molecular formula is C12H13ClNNaO4. The molecule has 1 rings (SSSR count). The summed E-state index contributed by atoms with van der Waals surface area (Å²) in [6.45, 7) is 1.29. The van der Waals surface area contributed by atoms with E-state index in [2.05, 4.69) is 5.32 Å². The molecule has 0 aromatic heterocycles. The molecule has 0 saturated carbocycles. The monoisotopic (exact) mass is 293 g/mol. The molecule has 98 valence electrons. The molecule has 1 N–H and O–H groups in total. The van der Waals surface area contributed by atoms with Crippen LogP contribution in [0.25, 0.3) is 0 Å². The minimum Gasteiger partial charge on any atom is -0.495 e. The Hall–Kier alpha value is -0.880. The average molecular weight is 294 g/mol. The number of benzene rings is 1. The van der Waals surface area contributed by atoms with Gasteiger partial charge in [-0.25, -0.2) is 6.42 Å². The second-order valence-electron chi connectivity index (χ2n) is 3.43. The number of anilines is 1. The van der Waals surface area contributed by atoms with E-state index in [4.69, 9.17) is 21.1 Å². The number of carbonyl (C=O) groups excluding carboxylic acids is 2. The summed E-state index contributed by atoms with van der Waals surface area (Å²) < 4.78 is 10.1. The molecule has 0 heterocycles. The molecule has 0 aliphatic carbocycles. The Labute approximate surface area is 138 Å². The maximum absolute atomic E-state index is 11.5. The van der Waals surface area contributed by atoms with Gasteiger partial charge in [-0.15, -0.1) is 0 Å². The van der Waals surface area contributed by atoms with Crippen molar-refractivity contribution >= 4 is 29.0 Å². The molecule has 0 aliphatic heterocycles. The quantitative estimate of drug-likeness (QED) is 0.434. The fraction of sp³-hybridized carbons (Fsp3) is 0.250. The molecule has 0 unspecified atom stereocenters. The number of methoxy groups -OCH3 is 2. The van der Waals surface area contributed by atoms with Crippen molar-refractivity contribution in [2.45, 2.75) is 6.92 Å². The van der Waals surface area contributed by atoms with E-state index in [0.29, 0.717) is 22.2 Å². The summed E-state index contributed by atoms with van der Waals surface area (Å²) in [4.78, 5) is 22.2. The smallest absolute Gasteiger partial charge is 0.495 e. The summed E-state index contributed by atoms with van der Waals surface area (Å²) in [6, 6.07) is 3.04. The first-order valence-electron chi connectivity index (χ1n) is 5.05. The number of nitrogens with one attached hydrogen (secondary N) is 1. The zero-order chi connectivity index (χ0) is 13.7. The number of ketones is 1. The molecule has 0 fully saturated rings. The summed E-state index contributed by atoms with van der Waals surface area (Å²) >= 11 is 5.92. The van der Waals surface area contributed by atoms with Crippen LogP contribution in [0, 0.1) is 6.42 Å². The predicted octanol–water partition coefficient (Wildman–Crippen LogP) is -0.907. The molecule has 1 amide bonds. The summed E-state index contributed by atoms with van der Waals surface area (Å²) in [7, 11) is 2.91.